The number of nitrogens with zero attached hydrogens (tertiary/aromatic N) is 4. The van der Waals surface area contributed by atoms with Crippen LogP contribution in [0.15, 0.2) is 40.7 Å². The van der Waals surface area contributed by atoms with Crippen molar-refractivity contribution >= 4 is 47.3 Å². The molecule has 2 aromatic rings. The Hall–Kier alpha value is -0.227. The number of hydrogen-bond donors (Lipinski definition) is 3. The maximum absolute atomic E-state index is 13.9. The first-order valence-electron chi connectivity index (χ1n) is 9.91. The Kier molecular flexibility index (Phi) is 12.9. The summed E-state index contributed by atoms with van der Waals surface area (Å²) in [7, 11) is 0. The van der Waals surface area contributed by atoms with Gasteiger partial charge in [-0.3, -0.25) is 14.5 Å². The summed E-state index contributed by atoms with van der Waals surface area (Å²) in [5.41, 5.74) is -0.724. The van der Waals surface area contributed by atoms with E-state index < -0.39 is 64.5 Å². The Bertz CT molecular complexity index is 1220. The number of aromatic amines is 1. The first-order valence-corrected chi connectivity index (χ1v) is 11.8. The molecule has 3 heterocycles. The number of thioether (sulfide) groups is 2. The van der Waals surface area contributed by atoms with Crippen LogP contribution in [0.3, 0.4) is 0 Å². The average molecular weight is 601 g/mol. The van der Waals surface area contributed by atoms with Gasteiger partial charge in [-0.05, 0) is 22.1 Å². The van der Waals surface area contributed by atoms with E-state index in [0.717, 1.165) is 34.5 Å². The number of tetrazole rings is 1. The number of fused-ring (bicyclic) bond motifs is 1. The molecule has 1 fully saturated rings. The van der Waals surface area contributed by atoms with E-state index in [-0.39, 0.29) is 125 Å². The number of aliphatic carboxylic acids is 2. The van der Waals surface area contributed by atoms with E-state index in [0.29, 0.717) is 0 Å². The third-order valence-electron chi connectivity index (χ3n) is 5.26. The molecule has 0 radical (unpaired) electrons. The number of carbonyl (C=O) groups excluding carboxylic acids is 4. The van der Waals surface area contributed by atoms with Gasteiger partial charge < -0.3 is 30.2 Å². The van der Waals surface area contributed by atoms with Crippen molar-refractivity contribution in [1.82, 2.24) is 30.8 Å². The van der Waals surface area contributed by atoms with Crippen LogP contribution in [0.5, 0.6) is 0 Å². The SMILES string of the molecule is O=C([O-])CC(Sc1nnn[nH]1)C1=C(C(=O)[O-])N2C(=O)C(NC(=O)C(O)c3ccccc3F)[C@@H]2SC1.[K+].[K+]. The summed E-state index contributed by atoms with van der Waals surface area (Å²) in [6, 6.07) is 3.89. The molecule has 2 aliphatic rings. The van der Waals surface area contributed by atoms with E-state index in [9.17, 15) is 38.9 Å². The fraction of sp³-hybridized carbons (Fsp3) is 0.316. The third-order valence-corrected chi connectivity index (χ3v) is 7.69. The van der Waals surface area contributed by atoms with Crippen molar-refractivity contribution in [3.63, 3.8) is 0 Å². The minimum atomic E-state index is -1.89. The predicted octanol–water partition coefficient (Wildman–Crippen LogP) is -8.92. The van der Waals surface area contributed by atoms with E-state index in [1.165, 1.54) is 18.2 Å². The Labute approximate surface area is 302 Å². The number of aromatic nitrogens is 4. The summed E-state index contributed by atoms with van der Waals surface area (Å²) in [4.78, 5) is 49.5. The zero-order chi connectivity index (χ0) is 25.3. The van der Waals surface area contributed by atoms with Crippen molar-refractivity contribution in [2.45, 2.75) is 34.3 Å². The molecular weight excluding hydrogens is 586 g/mol. The molecule has 1 saturated heterocycles. The van der Waals surface area contributed by atoms with Gasteiger partial charge in [-0.15, -0.1) is 16.9 Å². The van der Waals surface area contributed by atoms with E-state index in [1.54, 1.807) is 0 Å². The number of rotatable bonds is 9. The summed E-state index contributed by atoms with van der Waals surface area (Å²) in [6.07, 6.45) is -2.49. The number of β-lactam (4-membered cyclic amide) rings is 1. The number of amides is 2. The number of halogens is 1. The van der Waals surface area contributed by atoms with Gasteiger partial charge in [-0.2, -0.15) is 0 Å². The van der Waals surface area contributed by atoms with Crippen LogP contribution in [0.2, 0.25) is 0 Å². The molecule has 0 aliphatic carbocycles. The number of carbonyl (C=O) groups is 4. The van der Waals surface area contributed by atoms with Crippen molar-refractivity contribution in [3.8, 4) is 0 Å². The molecule has 184 valence electrons. The minimum absolute atomic E-state index is 0. The van der Waals surface area contributed by atoms with Gasteiger partial charge in [-0.1, -0.05) is 30.0 Å². The second kappa shape index (κ2) is 14.4. The van der Waals surface area contributed by atoms with Gasteiger partial charge in [0.15, 0.2) is 6.10 Å². The summed E-state index contributed by atoms with van der Waals surface area (Å²) in [6.45, 7) is 0. The second-order valence-corrected chi connectivity index (χ2v) is 9.67. The summed E-state index contributed by atoms with van der Waals surface area (Å²) in [5, 5.41) is 46.9. The number of carboxylic acids is 2. The molecule has 0 saturated carbocycles. The number of aliphatic hydroxyl groups is 1. The third kappa shape index (κ3) is 7.30. The Balaban J connectivity index is 0.00000241. The largest absolute Gasteiger partial charge is 1.00 e. The first-order chi connectivity index (χ1) is 16.7. The van der Waals surface area contributed by atoms with Crippen LogP contribution < -0.4 is 118 Å². The van der Waals surface area contributed by atoms with E-state index in [1.807, 2.05) is 0 Å². The maximum Gasteiger partial charge on any atom is 1.00 e. The normalized spacial score (nSPS) is 19.9. The zero-order valence-electron chi connectivity index (χ0n) is 19.4. The van der Waals surface area contributed by atoms with Gasteiger partial charge >= 0.3 is 103 Å². The molecular formula is C19H15FK2N6O7S2. The van der Waals surface area contributed by atoms with Crippen LogP contribution in [-0.2, 0) is 19.2 Å². The van der Waals surface area contributed by atoms with E-state index in [2.05, 4.69) is 25.9 Å². The minimum Gasteiger partial charge on any atom is -0.550 e. The van der Waals surface area contributed by atoms with Gasteiger partial charge in [0.2, 0.25) is 5.16 Å². The van der Waals surface area contributed by atoms with Crippen molar-refractivity contribution < 1.29 is 142 Å². The molecule has 2 amide bonds. The van der Waals surface area contributed by atoms with Crippen molar-refractivity contribution in [2.24, 2.45) is 0 Å². The predicted molar refractivity (Wildman–Crippen MR) is 112 cm³/mol. The summed E-state index contributed by atoms with van der Waals surface area (Å²) >= 11 is 1.92. The molecule has 3 N–H and O–H groups in total. The molecule has 1 aromatic heterocycles. The van der Waals surface area contributed by atoms with Crippen molar-refractivity contribution in [3.05, 3.63) is 46.9 Å². The number of carboxylic acid groups (broad SMARTS) is 2. The number of nitrogens with one attached hydrogen (secondary N) is 2. The topological polar surface area (TPSA) is 204 Å². The summed E-state index contributed by atoms with van der Waals surface area (Å²) in [5.74, 6) is -5.86. The van der Waals surface area contributed by atoms with Gasteiger partial charge in [0.1, 0.15) is 17.2 Å². The molecule has 2 aliphatic heterocycles. The molecule has 13 nitrogen and oxygen atoms in total. The van der Waals surface area contributed by atoms with Crippen LogP contribution in [-0.4, -0.2) is 76.8 Å². The Morgan fingerprint density at radius 1 is 1.30 bits per heavy atom. The van der Waals surface area contributed by atoms with Crippen molar-refractivity contribution in [2.75, 3.05) is 5.75 Å². The van der Waals surface area contributed by atoms with Gasteiger partial charge in [0, 0.05) is 29.0 Å². The first kappa shape index (κ1) is 33.0. The van der Waals surface area contributed by atoms with E-state index in [4.69, 9.17) is 0 Å². The van der Waals surface area contributed by atoms with Crippen LogP contribution >= 0.6 is 23.5 Å². The molecule has 18 heteroatoms. The monoisotopic (exact) mass is 600 g/mol. The number of benzene rings is 1. The quantitative estimate of drug-likeness (QED) is 0.139. The van der Waals surface area contributed by atoms with Gasteiger partial charge in [-0.25, -0.2) is 9.49 Å². The number of hydrogen-bond acceptors (Lipinski definition) is 12. The van der Waals surface area contributed by atoms with Gasteiger partial charge in [0.25, 0.3) is 11.8 Å². The standard InChI is InChI=1S/C19H17FN6O7S2.2K/c20-9-4-2-1-3-7(9)14(29)15(30)21-12-16(31)26-13(18(32)33)8(6-34-17(12)26)10(5-11(27)28)35-19-22-24-25-23-19;;/h1-4,10,12,14,17,29H,5-6H2,(H,21,30)(H,27,28)(H,32,33)(H,22,23,24,25);;/q;2*+1/p-2/t10?,12?,14?,17-;;/m0../s1. The second-order valence-electron chi connectivity index (χ2n) is 7.37. The van der Waals surface area contributed by atoms with Gasteiger partial charge in [0.05, 0.1) is 11.7 Å². The maximum atomic E-state index is 13.9. The smallest absolute Gasteiger partial charge is 0.550 e. The molecule has 1 aromatic carbocycles. The molecule has 0 bridgehead atoms. The molecule has 4 rings (SSSR count). The average Bonchev–Trinajstić information content (AvgIpc) is 3.33. The van der Waals surface area contributed by atoms with Crippen LogP contribution in [0.1, 0.15) is 18.1 Å². The molecule has 0 spiro atoms. The van der Waals surface area contributed by atoms with E-state index >= 15 is 0 Å². The van der Waals surface area contributed by atoms with Crippen LogP contribution in [0.25, 0.3) is 0 Å². The molecule has 3 unspecified atom stereocenters. The molecule has 4 atom stereocenters. The fourth-order valence-electron chi connectivity index (χ4n) is 3.67. The van der Waals surface area contributed by atoms with Crippen LogP contribution in [0, 0.1) is 5.82 Å². The Morgan fingerprint density at radius 3 is 2.59 bits per heavy atom. The fourth-order valence-corrected chi connectivity index (χ4v) is 6.20. The van der Waals surface area contributed by atoms with Crippen LogP contribution in [0.4, 0.5) is 4.39 Å². The number of H-pyrrole nitrogens is 1. The Morgan fingerprint density at radius 2 is 2.00 bits per heavy atom. The summed E-state index contributed by atoms with van der Waals surface area (Å²) < 4.78 is 13.9. The molecule has 37 heavy (non-hydrogen) atoms. The van der Waals surface area contributed by atoms with Crippen molar-refractivity contribution in [1.29, 1.82) is 0 Å². The number of aliphatic hydroxyl groups excluding tert-OH is 1. The zero-order valence-corrected chi connectivity index (χ0v) is 27.3.